The van der Waals surface area contributed by atoms with Crippen molar-refractivity contribution < 1.29 is 9.18 Å². The Morgan fingerprint density at radius 2 is 2.05 bits per heavy atom. The average molecular weight is 363 g/mol. The highest BCUT2D eigenvalue weighted by Crippen LogP contribution is 2.32. The average Bonchev–Trinajstić information content (AvgIpc) is 2.42. The van der Waals surface area contributed by atoms with Crippen LogP contribution in [0.4, 0.5) is 10.1 Å². The standard InChI is InChI=1S/C15H18BrClFNO/c16-12-8-11(18)9-13(17)15(12)19-14(20)7-6-10-4-2-1-3-5-10/h8-10H,1-7H2,(H,19,20). The first-order valence-corrected chi connectivity index (χ1v) is 8.18. The van der Waals surface area contributed by atoms with Crippen LogP contribution in [0.3, 0.4) is 0 Å². The first-order chi connectivity index (χ1) is 9.56. The van der Waals surface area contributed by atoms with Gasteiger partial charge >= 0.3 is 0 Å². The van der Waals surface area contributed by atoms with E-state index in [0.29, 0.717) is 22.5 Å². The highest BCUT2D eigenvalue weighted by molar-refractivity contribution is 9.10. The van der Waals surface area contributed by atoms with Gasteiger partial charge in [-0.25, -0.2) is 4.39 Å². The fraction of sp³-hybridized carbons (Fsp3) is 0.533. The van der Waals surface area contributed by atoms with Crippen LogP contribution >= 0.6 is 27.5 Å². The minimum atomic E-state index is -0.429. The summed E-state index contributed by atoms with van der Waals surface area (Å²) in [6.45, 7) is 0. The molecule has 1 aliphatic carbocycles. The summed E-state index contributed by atoms with van der Waals surface area (Å²) in [5, 5.41) is 2.97. The lowest BCUT2D eigenvalue weighted by Gasteiger charge is -2.21. The maximum atomic E-state index is 13.1. The molecule has 1 N–H and O–H groups in total. The van der Waals surface area contributed by atoms with Gasteiger partial charge in [-0.2, -0.15) is 0 Å². The molecule has 0 heterocycles. The molecule has 0 unspecified atom stereocenters. The molecule has 1 saturated carbocycles. The third-order valence-corrected chi connectivity index (χ3v) is 4.70. The van der Waals surface area contributed by atoms with Gasteiger partial charge in [-0.1, -0.05) is 43.7 Å². The van der Waals surface area contributed by atoms with Crippen LogP contribution in [-0.2, 0) is 4.79 Å². The van der Waals surface area contributed by atoms with Crippen molar-refractivity contribution in [2.75, 3.05) is 5.32 Å². The lowest BCUT2D eigenvalue weighted by Crippen LogP contribution is -2.15. The first kappa shape index (κ1) is 15.8. The van der Waals surface area contributed by atoms with E-state index in [1.807, 2.05) is 0 Å². The quantitative estimate of drug-likeness (QED) is 0.748. The highest BCUT2D eigenvalue weighted by atomic mass is 79.9. The summed E-state index contributed by atoms with van der Waals surface area (Å²) >= 11 is 9.16. The highest BCUT2D eigenvalue weighted by Gasteiger charge is 2.16. The molecule has 0 saturated heterocycles. The van der Waals surface area contributed by atoms with Crippen LogP contribution in [0.5, 0.6) is 0 Å². The molecule has 2 rings (SSSR count). The predicted octanol–water partition coefficient (Wildman–Crippen LogP) is 5.54. The zero-order valence-electron chi connectivity index (χ0n) is 11.2. The second-order valence-corrected chi connectivity index (χ2v) is 6.60. The molecule has 1 aromatic carbocycles. The molecule has 5 heteroatoms. The van der Waals surface area contributed by atoms with Gasteiger partial charge in [0.1, 0.15) is 5.82 Å². The summed E-state index contributed by atoms with van der Waals surface area (Å²) in [5.74, 6) is 0.175. The second-order valence-electron chi connectivity index (χ2n) is 5.34. The lowest BCUT2D eigenvalue weighted by molar-refractivity contribution is -0.116. The summed E-state index contributed by atoms with van der Waals surface area (Å²) in [7, 11) is 0. The van der Waals surface area contributed by atoms with Crippen LogP contribution < -0.4 is 5.32 Å². The van der Waals surface area contributed by atoms with Crippen molar-refractivity contribution in [3.63, 3.8) is 0 Å². The minimum absolute atomic E-state index is 0.0650. The number of carbonyl (C=O) groups excluding carboxylic acids is 1. The van der Waals surface area contributed by atoms with Crippen molar-refractivity contribution in [2.45, 2.75) is 44.9 Å². The molecule has 1 amide bonds. The van der Waals surface area contributed by atoms with Crippen LogP contribution in [0.15, 0.2) is 16.6 Å². The van der Waals surface area contributed by atoms with Crippen molar-refractivity contribution in [3.8, 4) is 0 Å². The van der Waals surface area contributed by atoms with E-state index in [4.69, 9.17) is 11.6 Å². The van der Waals surface area contributed by atoms with Crippen LogP contribution in [0.25, 0.3) is 0 Å². The Bertz CT molecular complexity index is 466. The number of amides is 1. The summed E-state index contributed by atoms with van der Waals surface area (Å²) in [6, 6.07) is 2.49. The zero-order valence-corrected chi connectivity index (χ0v) is 13.6. The zero-order chi connectivity index (χ0) is 14.5. The lowest BCUT2D eigenvalue weighted by atomic mass is 9.86. The number of hydrogen-bond donors (Lipinski definition) is 1. The maximum absolute atomic E-state index is 13.1. The molecule has 1 aromatic rings. The first-order valence-electron chi connectivity index (χ1n) is 7.00. The third-order valence-electron chi connectivity index (χ3n) is 3.78. The Morgan fingerprint density at radius 1 is 1.35 bits per heavy atom. The van der Waals surface area contributed by atoms with Gasteiger partial charge in [0.15, 0.2) is 0 Å². The largest absolute Gasteiger partial charge is 0.324 e. The van der Waals surface area contributed by atoms with Crippen LogP contribution in [0, 0.1) is 11.7 Å². The Hall–Kier alpha value is -0.610. The van der Waals surface area contributed by atoms with Gasteiger partial charge in [-0.15, -0.1) is 0 Å². The number of halogens is 3. The molecule has 0 atom stereocenters. The van der Waals surface area contributed by atoms with Gasteiger partial charge in [0, 0.05) is 10.9 Å². The van der Waals surface area contributed by atoms with Crippen molar-refractivity contribution >= 4 is 39.1 Å². The van der Waals surface area contributed by atoms with E-state index in [9.17, 15) is 9.18 Å². The monoisotopic (exact) mass is 361 g/mol. The molecule has 110 valence electrons. The maximum Gasteiger partial charge on any atom is 0.224 e. The fourth-order valence-electron chi connectivity index (χ4n) is 2.67. The van der Waals surface area contributed by atoms with E-state index in [0.717, 1.165) is 6.42 Å². The Labute approximate surface area is 132 Å². The molecular formula is C15H18BrClFNO. The summed E-state index contributed by atoms with van der Waals surface area (Å²) in [4.78, 5) is 12.0. The molecule has 0 aliphatic heterocycles. The van der Waals surface area contributed by atoms with Crippen LogP contribution in [0.2, 0.25) is 5.02 Å². The summed E-state index contributed by atoms with van der Waals surface area (Å²) < 4.78 is 13.6. The number of anilines is 1. The molecule has 0 aromatic heterocycles. The number of carbonyl (C=O) groups is 1. The van der Waals surface area contributed by atoms with Crippen molar-refractivity contribution in [2.24, 2.45) is 5.92 Å². The van der Waals surface area contributed by atoms with Gasteiger partial charge in [-0.05, 0) is 40.4 Å². The normalized spacial score (nSPS) is 16.1. The smallest absolute Gasteiger partial charge is 0.224 e. The predicted molar refractivity (Wildman–Crippen MR) is 83.5 cm³/mol. The van der Waals surface area contributed by atoms with E-state index in [2.05, 4.69) is 21.2 Å². The molecule has 2 nitrogen and oxygen atoms in total. The van der Waals surface area contributed by atoms with E-state index < -0.39 is 5.82 Å². The molecule has 0 bridgehead atoms. The third kappa shape index (κ3) is 4.45. The van der Waals surface area contributed by atoms with Crippen molar-refractivity contribution in [1.82, 2.24) is 0 Å². The second kappa shape index (κ2) is 7.41. The molecule has 20 heavy (non-hydrogen) atoms. The van der Waals surface area contributed by atoms with Gasteiger partial charge < -0.3 is 5.32 Å². The molecule has 0 spiro atoms. The van der Waals surface area contributed by atoms with Crippen LogP contribution in [-0.4, -0.2) is 5.91 Å². The number of nitrogens with one attached hydrogen (secondary N) is 1. The molecule has 1 fully saturated rings. The molecule has 1 aliphatic rings. The number of hydrogen-bond acceptors (Lipinski definition) is 1. The molecular weight excluding hydrogens is 345 g/mol. The number of rotatable bonds is 4. The van der Waals surface area contributed by atoms with E-state index in [-0.39, 0.29) is 10.9 Å². The SMILES string of the molecule is O=C(CCC1CCCCC1)Nc1c(Cl)cc(F)cc1Br. The van der Waals surface area contributed by atoms with Gasteiger partial charge in [0.05, 0.1) is 10.7 Å². The van der Waals surface area contributed by atoms with E-state index >= 15 is 0 Å². The Balaban J connectivity index is 1.88. The Kier molecular flexibility index (Phi) is 5.85. The van der Waals surface area contributed by atoms with Gasteiger partial charge in [0.2, 0.25) is 5.91 Å². The minimum Gasteiger partial charge on any atom is -0.324 e. The summed E-state index contributed by atoms with van der Waals surface area (Å²) in [5.41, 5.74) is 0.446. The van der Waals surface area contributed by atoms with E-state index in [1.165, 1.54) is 44.2 Å². The van der Waals surface area contributed by atoms with E-state index in [1.54, 1.807) is 0 Å². The topological polar surface area (TPSA) is 29.1 Å². The Morgan fingerprint density at radius 3 is 2.70 bits per heavy atom. The van der Waals surface area contributed by atoms with Gasteiger partial charge in [-0.3, -0.25) is 4.79 Å². The van der Waals surface area contributed by atoms with Gasteiger partial charge in [0.25, 0.3) is 0 Å². The van der Waals surface area contributed by atoms with Crippen molar-refractivity contribution in [3.05, 3.63) is 27.4 Å². The molecule has 0 radical (unpaired) electrons. The summed E-state index contributed by atoms with van der Waals surface area (Å²) in [6.07, 6.45) is 7.75. The fourth-order valence-corrected chi connectivity index (χ4v) is 3.57. The number of benzene rings is 1. The van der Waals surface area contributed by atoms with Crippen LogP contribution in [0.1, 0.15) is 44.9 Å². The van der Waals surface area contributed by atoms with Crippen molar-refractivity contribution in [1.29, 1.82) is 0 Å².